The molecular weight excluding hydrogens is 298 g/mol. The fourth-order valence-corrected chi connectivity index (χ4v) is 2.91. The van der Waals surface area contributed by atoms with Gasteiger partial charge in [-0.1, -0.05) is 17.7 Å². The van der Waals surface area contributed by atoms with Crippen LogP contribution >= 0.6 is 22.9 Å². The summed E-state index contributed by atoms with van der Waals surface area (Å²) < 4.78 is 6.07. The van der Waals surface area contributed by atoms with E-state index < -0.39 is 0 Å². The van der Waals surface area contributed by atoms with Crippen molar-refractivity contribution in [1.29, 1.82) is 0 Å². The van der Waals surface area contributed by atoms with Crippen molar-refractivity contribution in [3.8, 4) is 5.75 Å². The first kappa shape index (κ1) is 13.2. The number of carbonyl (C=O) groups excluding carboxylic acids is 1. The Hall–Kier alpha value is -1.79. The van der Waals surface area contributed by atoms with Crippen molar-refractivity contribution < 1.29 is 9.53 Å². The van der Waals surface area contributed by atoms with Gasteiger partial charge in [0.25, 0.3) is 5.91 Å². The molecule has 0 saturated heterocycles. The minimum absolute atomic E-state index is 0.0520. The van der Waals surface area contributed by atoms with E-state index in [4.69, 9.17) is 16.3 Å². The molecule has 0 unspecified atom stereocenters. The Kier molecular flexibility index (Phi) is 3.50. The van der Waals surface area contributed by atoms with Crippen molar-refractivity contribution in [1.82, 2.24) is 4.98 Å². The monoisotopic (exact) mass is 309 g/mol. The van der Waals surface area contributed by atoms with Crippen molar-refractivity contribution in [2.75, 3.05) is 23.9 Å². The zero-order valence-corrected chi connectivity index (χ0v) is 12.3. The lowest BCUT2D eigenvalue weighted by atomic mass is 10.2. The maximum Gasteiger partial charge on any atom is 0.264 e. The van der Waals surface area contributed by atoms with E-state index in [9.17, 15) is 4.79 Å². The summed E-state index contributed by atoms with van der Waals surface area (Å²) in [4.78, 5) is 18.2. The Morgan fingerprint density at radius 3 is 3.15 bits per heavy atom. The zero-order chi connectivity index (χ0) is 14.1. The molecule has 0 radical (unpaired) electrons. The van der Waals surface area contributed by atoms with Crippen LogP contribution in [-0.4, -0.2) is 24.5 Å². The van der Waals surface area contributed by atoms with Crippen molar-refractivity contribution in [3.63, 3.8) is 0 Å². The Morgan fingerprint density at radius 1 is 1.55 bits per heavy atom. The number of likely N-dealkylation sites (N-methyl/N-ethyl adjacent to an activating group) is 1. The fraction of sp³-hybridized carbons (Fsp3) is 0.231. The van der Waals surface area contributed by atoms with E-state index >= 15 is 0 Å². The molecule has 0 saturated carbocycles. The molecule has 2 aromatic rings. The van der Waals surface area contributed by atoms with Crippen molar-refractivity contribution in [2.24, 2.45) is 0 Å². The Morgan fingerprint density at radius 2 is 2.40 bits per heavy atom. The van der Waals surface area contributed by atoms with Crippen LogP contribution < -0.4 is 15.0 Å². The first-order valence-corrected chi connectivity index (χ1v) is 7.21. The molecule has 1 aromatic carbocycles. The van der Waals surface area contributed by atoms with Gasteiger partial charge in [-0.3, -0.25) is 4.79 Å². The summed E-state index contributed by atoms with van der Waals surface area (Å²) in [5.74, 6) is 0.647. The summed E-state index contributed by atoms with van der Waals surface area (Å²) in [6.45, 7) is 0.677. The van der Waals surface area contributed by atoms with E-state index in [-0.39, 0.29) is 12.5 Å². The molecule has 0 fully saturated rings. The van der Waals surface area contributed by atoms with Crippen LogP contribution in [0.2, 0.25) is 4.47 Å². The van der Waals surface area contributed by atoms with Gasteiger partial charge in [0.2, 0.25) is 0 Å². The average molecular weight is 310 g/mol. The van der Waals surface area contributed by atoms with Gasteiger partial charge in [-0.25, -0.2) is 4.98 Å². The van der Waals surface area contributed by atoms with Gasteiger partial charge in [0.15, 0.2) is 16.8 Å². The number of nitrogens with one attached hydrogen (secondary N) is 1. The van der Waals surface area contributed by atoms with Gasteiger partial charge in [-0.15, -0.1) is 11.3 Å². The molecule has 0 atom stereocenters. The lowest BCUT2D eigenvalue weighted by Crippen LogP contribution is -2.35. The van der Waals surface area contributed by atoms with Gasteiger partial charge >= 0.3 is 0 Å². The fourth-order valence-electron chi connectivity index (χ4n) is 1.99. The highest BCUT2D eigenvalue weighted by Crippen LogP contribution is 2.38. The van der Waals surface area contributed by atoms with E-state index in [2.05, 4.69) is 10.3 Å². The second-order valence-corrected chi connectivity index (χ2v) is 6.03. The Labute approximate surface area is 125 Å². The lowest BCUT2D eigenvalue weighted by molar-refractivity contribution is -0.120. The lowest BCUT2D eigenvalue weighted by Gasteiger charge is -2.27. The van der Waals surface area contributed by atoms with Crippen molar-refractivity contribution >= 4 is 40.2 Å². The first-order valence-electron chi connectivity index (χ1n) is 6.01. The summed E-state index contributed by atoms with van der Waals surface area (Å²) in [6, 6.07) is 5.67. The molecule has 0 aliphatic carbocycles. The van der Waals surface area contributed by atoms with Gasteiger partial charge < -0.3 is 15.0 Å². The summed E-state index contributed by atoms with van der Waals surface area (Å²) in [5.41, 5.74) is 1.62. The number of amides is 1. The largest absolute Gasteiger partial charge is 0.479 e. The number of nitrogens with zero attached hydrogens (tertiary/aromatic N) is 2. The number of halogens is 1. The summed E-state index contributed by atoms with van der Waals surface area (Å²) in [6.07, 6.45) is 1.74. The molecule has 3 rings (SSSR count). The van der Waals surface area contributed by atoms with Crippen LogP contribution in [-0.2, 0) is 11.3 Å². The number of aromatic nitrogens is 1. The SMILES string of the molecule is CN1C(=O)COc2c(NCc3cnc(Cl)s3)cccc21. The summed E-state index contributed by atoms with van der Waals surface area (Å²) in [7, 11) is 1.75. The molecule has 1 amide bonds. The molecule has 20 heavy (non-hydrogen) atoms. The number of ether oxygens (including phenoxy) is 1. The predicted octanol–water partition coefficient (Wildman–Crippen LogP) is 2.76. The minimum atomic E-state index is -0.0520. The molecule has 1 N–H and O–H groups in total. The molecule has 0 bridgehead atoms. The van der Waals surface area contributed by atoms with Crippen LogP contribution in [0.5, 0.6) is 5.75 Å². The topological polar surface area (TPSA) is 54.5 Å². The van der Waals surface area contributed by atoms with Crippen LogP contribution in [0.25, 0.3) is 0 Å². The summed E-state index contributed by atoms with van der Waals surface area (Å²) in [5, 5.41) is 3.29. The van der Waals surface area contributed by atoms with Gasteiger partial charge in [0.1, 0.15) is 0 Å². The number of para-hydroxylation sites is 1. The molecule has 1 aliphatic heterocycles. The third kappa shape index (κ3) is 2.44. The maximum atomic E-state index is 11.6. The van der Waals surface area contributed by atoms with Crippen LogP contribution in [0.4, 0.5) is 11.4 Å². The Bertz CT molecular complexity index is 659. The maximum absolute atomic E-state index is 11.6. The van der Waals surface area contributed by atoms with Gasteiger partial charge in [-0.05, 0) is 12.1 Å². The average Bonchev–Trinajstić information content (AvgIpc) is 2.86. The predicted molar refractivity (Wildman–Crippen MR) is 79.8 cm³/mol. The quantitative estimate of drug-likeness (QED) is 0.947. The molecule has 1 aliphatic rings. The van der Waals surface area contributed by atoms with Gasteiger partial charge in [-0.2, -0.15) is 0 Å². The third-order valence-electron chi connectivity index (χ3n) is 3.05. The molecule has 7 heteroatoms. The van der Waals surface area contributed by atoms with Crippen molar-refractivity contribution in [2.45, 2.75) is 6.54 Å². The molecule has 2 heterocycles. The standard InChI is InChI=1S/C13H12ClN3O2S/c1-17-10-4-2-3-9(12(10)19-7-11(17)18)15-5-8-6-16-13(14)20-8/h2-4,6,15H,5,7H2,1H3. The molecule has 5 nitrogen and oxygen atoms in total. The van der Waals surface area contributed by atoms with Crippen LogP contribution in [0, 0.1) is 0 Å². The van der Waals surface area contributed by atoms with Crippen LogP contribution in [0.3, 0.4) is 0 Å². The normalized spacial score (nSPS) is 13.9. The van der Waals surface area contributed by atoms with E-state index in [1.807, 2.05) is 18.2 Å². The highest BCUT2D eigenvalue weighted by Gasteiger charge is 2.24. The number of fused-ring (bicyclic) bond motifs is 1. The first-order chi connectivity index (χ1) is 9.65. The van der Waals surface area contributed by atoms with Crippen molar-refractivity contribution in [3.05, 3.63) is 33.7 Å². The highest BCUT2D eigenvalue weighted by molar-refractivity contribution is 7.15. The van der Waals surface area contributed by atoms with Gasteiger partial charge in [0.05, 0.1) is 17.9 Å². The smallest absolute Gasteiger partial charge is 0.264 e. The number of hydrogen-bond acceptors (Lipinski definition) is 5. The molecular formula is C13H12ClN3O2S. The third-order valence-corrected chi connectivity index (χ3v) is 4.16. The molecule has 1 aromatic heterocycles. The Balaban J connectivity index is 1.82. The van der Waals surface area contributed by atoms with E-state index in [0.717, 1.165) is 16.3 Å². The molecule has 0 spiro atoms. The number of benzene rings is 1. The number of anilines is 2. The van der Waals surface area contributed by atoms with Crippen LogP contribution in [0.15, 0.2) is 24.4 Å². The molecule has 104 valence electrons. The van der Waals surface area contributed by atoms with E-state index in [0.29, 0.717) is 16.8 Å². The summed E-state index contributed by atoms with van der Waals surface area (Å²) >= 11 is 7.24. The second kappa shape index (κ2) is 5.30. The number of thiazole rings is 1. The zero-order valence-electron chi connectivity index (χ0n) is 10.7. The van der Waals surface area contributed by atoms with E-state index in [1.54, 1.807) is 18.1 Å². The number of carbonyl (C=O) groups is 1. The van der Waals surface area contributed by atoms with Gasteiger partial charge in [0, 0.05) is 18.1 Å². The van der Waals surface area contributed by atoms with E-state index in [1.165, 1.54) is 11.3 Å². The number of rotatable bonds is 3. The minimum Gasteiger partial charge on any atom is -0.479 e. The van der Waals surface area contributed by atoms with Crippen LogP contribution in [0.1, 0.15) is 4.88 Å². The second-order valence-electron chi connectivity index (χ2n) is 4.33. The number of hydrogen-bond donors (Lipinski definition) is 1. The highest BCUT2D eigenvalue weighted by atomic mass is 35.5.